The third-order valence-electron chi connectivity index (χ3n) is 7.66. The molecule has 35 heavy (non-hydrogen) atoms. The van der Waals surface area contributed by atoms with E-state index >= 15 is 0 Å². The summed E-state index contributed by atoms with van der Waals surface area (Å²) in [5.41, 5.74) is 4.88. The highest BCUT2D eigenvalue weighted by Crippen LogP contribution is 2.48. The normalized spacial score (nSPS) is 20.8. The summed E-state index contributed by atoms with van der Waals surface area (Å²) in [7, 11) is 1.73. The van der Waals surface area contributed by atoms with Crippen LogP contribution in [0, 0.1) is 0 Å². The van der Waals surface area contributed by atoms with Crippen LogP contribution in [0.25, 0.3) is 0 Å². The zero-order valence-corrected chi connectivity index (χ0v) is 21.2. The van der Waals surface area contributed by atoms with E-state index in [4.69, 9.17) is 14.5 Å². The zero-order valence-electron chi connectivity index (χ0n) is 21.2. The highest BCUT2D eigenvalue weighted by atomic mass is 16.5. The van der Waals surface area contributed by atoms with Crippen LogP contribution >= 0.6 is 0 Å². The molecule has 0 radical (unpaired) electrons. The van der Waals surface area contributed by atoms with Crippen molar-refractivity contribution in [1.82, 2.24) is 9.88 Å². The molecule has 2 aromatic rings. The van der Waals surface area contributed by atoms with Gasteiger partial charge in [0.2, 0.25) is 0 Å². The molecular weight excluding hydrogens is 438 g/mol. The first-order valence-corrected chi connectivity index (χ1v) is 13.4. The van der Waals surface area contributed by atoms with Crippen LogP contribution in [-0.4, -0.2) is 55.1 Å². The fraction of sp³-hybridized carbons (Fsp3) is 0.586. The Morgan fingerprint density at radius 2 is 2.09 bits per heavy atom. The highest BCUT2D eigenvalue weighted by molar-refractivity contribution is 5.84. The lowest BCUT2D eigenvalue weighted by atomic mass is 9.93. The maximum absolute atomic E-state index is 12.8. The molecule has 1 N–H and O–H groups in total. The van der Waals surface area contributed by atoms with Crippen LogP contribution in [0.1, 0.15) is 79.8 Å². The van der Waals surface area contributed by atoms with Crippen molar-refractivity contribution in [2.24, 2.45) is 0 Å². The van der Waals surface area contributed by atoms with Crippen LogP contribution in [0.4, 0.5) is 5.82 Å². The van der Waals surface area contributed by atoms with Crippen molar-refractivity contribution in [2.45, 2.75) is 76.4 Å². The number of nitrogens with zero attached hydrogens (tertiary/aromatic N) is 2. The predicted octanol–water partition coefficient (Wildman–Crippen LogP) is 5.07. The van der Waals surface area contributed by atoms with Crippen molar-refractivity contribution in [3.05, 3.63) is 52.7 Å². The number of Topliss-reactive ketones (excluding diaryl/α,β-unsaturated/α-hetero) is 1. The van der Waals surface area contributed by atoms with Gasteiger partial charge in [-0.2, -0.15) is 0 Å². The van der Waals surface area contributed by atoms with E-state index in [9.17, 15) is 4.79 Å². The molecular formula is C29H39N3O3. The van der Waals surface area contributed by atoms with Crippen molar-refractivity contribution in [3.8, 4) is 5.75 Å². The lowest BCUT2D eigenvalue weighted by molar-refractivity contribution is -0.122. The van der Waals surface area contributed by atoms with Crippen LogP contribution in [-0.2, 0) is 22.4 Å². The summed E-state index contributed by atoms with van der Waals surface area (Å²) in [5.74, 6) is 2.73. The average Bonchev–Trinajstić information content (AvgIpc) is 3.61. The molecule has 0 amide bonds. The van der Waals surface area contributed by atoms with Gasteiger partial charge in [-0.1, -0.05) is 18.2 Å². The van der Waals surface area contributed by atoms with E-state index in [1.807, 2.05) is 12.1 Å². The van der Waals surface area contributed by atoms with Gasteiger partial charge in [0.15, 0.2) is 5.78 Å². The first-order chi connectivity index (χ1) is 17.1. The minimum absolute atomic E-state index is 0.193. The van der Waals surface area contributed by atoms with Crippen molar-refractivity contribution < 1.29 is 14.3 Å². The van der Waals surface area contributed by atoms with Gasteiger partial charge in [-0.3, -0.25) is 9.69 Å². The Kier molecular flexibility index (Phi) is 7.69. The van der Waals surface area contributed by atoms with Crippen LogP contribution in [0.15, 0.2) is 30.3 Å². The predicted molar refractivity (Wildman–Crippen MR) is 138 cm³/mol. The number of aromatic nitrogens is 1. The minimum atomic E-state index is -0.210. The number of ether oxygens (including phenoxy) is 2. The first-order valence-electron chi connectivity index (χ1n) is 13.4. The second-order valence-electron chi connectivity index (χ2n) is 10.3. The Hall–Kier alpha value is -2.44. The van der Waals surface area contributed by atoms with E-state index in [1.165, 1.54) is 36.1 Å². The zero-order chi connectivity index (χ0) is 24.2. The number of anilines is 1. The van der Waals surface area contributed by atoms with Crippen LogP contribution in [0.3, 0.4) is 0 Å². The molecule has 1 saturated carbocycles. The number of unbranched alkanes of at least 4 members (excludes halogenated alkanes) is 1. The van der Waals surface area contributed by atoms with E-state index in [0.29, 0.717) is 5.92 Å². The topological polar surface area (TPSA) is 63.7 Å². The van der Waals surface area contributed by atoms with E-state index < -0.39 is 0 Å². The number of rotatable bonds is 11. The number of ketones is 1. The number of hydrogen-bond acceptors (Lipinski definition) is 6. The molecule has 3 heterocycles. The molecule has 1 saturated heterocycles. The van der Waals surface area contributed by atoms with Gasteiger partial charge >= 0.3 is 0 Å². The van der Waals surface area contributed by atoms with E-state index in [-0.39, 0.29) is 17.9 Å². The van der Waals surface area contributed by atoms with Gasteiger partial charge in [0.1, 0.15) is 11.6 Å². The third-order valence-corrected chi connectivity index (χ3v) is 7.66. The molecule has 1 aliphatic carbocycles. The molecule has 5 rings (SSSR count). The minimum Gasteiger partial charge on any atom is -0.496 e. The molecule has 0 spiro atoms. The quantitative estimate of drug-likeness (QED) is 0.456. The van der Waals surface area contributed by atoms with Crippen LogP contribution < -0.4 is 10.1 Å². The number of hydrogen-bond donors (Lipinski definition) is 1. The number of aryl methyl sites for hydroxylation is 2. The third kappa shape index (κ3) is 5.70. The van der Waals surface area contributed by atoms with Crippen molar-refractivity contribution in [1.29, 1.82) is 0 Å². The monoisotopic (exact) mass is 477 g/mol. The number of benzene rings is 1. The number of fused-ring (bicyclic) bond motifs is 1. The lowest BCUT2D eigenvalue weighted by Gasteiger charge is -2.28. The largest absolute Gasteiger partial charge is 0.496 e. The van der Waals surface area contributed by atoms with Crippen LogP contribution in [0.2, 0.25) is 0 Å². The smallest absolute Gasteiger partial charge is 0.151 e. The highest BCUT2D eigenvalue weighted by Gasteiger charge is 2.37. The molecule has 3 aliphatic rings. The van der Waals surface area contributed by atoms with Crippen molar-refractivity contribution in [3.63, 3.8) is 0 Å². The van der Waals surface area contributed by atoms with Crippen LogP contribution in [0.5, 0.6) is 5.75 Å². The Morgan fingerprint density at radius 1 is 1.20 bits per heavy atom. The van der Waals surface area contributed by atoms with E-state index in [2.05, 4.69) is 28.4 Å². The standard InChI is InChI=1S/C29H39N3O3/c1-20(33)28(25-9-5-10-26(34-2)27(25)21-11-12-21)32-17-15-24(19-32)35-18-4-3-8-23-14-13-22-7-6-16-30-29(22)31-23/h5,9-10,13-14,21,24,28H,3-4,6-8,11-12,15-19H2,1-2H3,(H,30,31)/t24-,28-/m1/s1. The fourth-order valence-corrected chi connectivity index (χ4v) is 5.75. The van der Waals surface area contributed by atoms with E-state index in [1.54, 1.807) is 14.0 Å². The summed E-state index contributed by atoms with van der Waals surface area (Å²) in [4.78, 5) is 19.9. The summed E-state index contributed by atoms with van der Waals surface area (Å²) in [5, 5.41) is 3.42. The van der Waals surface area contributed by atoms with Gasteiger partial charge in [0.05, 0.1) is 19.3 Å². The number of methoxy groups -OCH3 is 1. The number of carbonyl (C=O) groups is 1. The number of carbonyl (C=O) groups excluding carboxylic acids is 1. The summed E-state index contributed by atoms with van der Waals surface area (Å²) >= 11 is 0. The molecule has 6 nitrogen and oxygen atoms in total. The first kappa shape index (κ1) is 24.3. The Labute approximate surface area is 209 Å². The van der Waals surface area contributed by atoms with Crippen molar-refractivity contribution in [2.75, 3.05) is 38.7 Å². The SMILES string of the molecule is COc1cccc([C@@H](C(C)=O)N2CC[C@@H](OCCCCc3ccc4c(n3)NCCC4)C2)c1C1CC1. The second-order valence-corrected chi connectivity index (χ2v) is 10.3. The molecule has 1 aromatic carbocycles. The van der Waals surface area contributed by atoms with Gasteiger partial charge in [-0.05, 0) is 87.5 Å². The number of likely N-dealkylation sites (tertiary alicyclic amines) is 1. The van der Waals surface area contributed by atoms with Crippen molar-refractivity contribution >= 4 is 11.6 Å². The number of pyridine rings is 1. The van der Waals surface area contributed by atoms with Gasteiger partial charge in [-0.15, -0.1) is 0 Å². The summed E-state index contributed by atoms with van der Waals surface area (Å²) in [6.45, 7) is 5.21. The van der Waals surface area contributed by atoms with Gasteiger partial charge in [0, 0.05) is 37.5 Å². The molecule has 0 unspecified atom stereocenters. The summed E-state index contributed by atoms with van der Waals surface area (Å²) in [6, 6.07) is 10.4. The molecule has 2 fully saturated rings. The van der Waals surface area contributed by atoms with Gasteiger partial charge in [0.25, 0.3) is 0 Å². The maximum atomic E-state index is 12.8. The fourth-order valence-electron chi connectivity index (χ4n) is 5.75. The Bertz CT molecular complexity index is 1040. The Morgan fingerprint density at radius 3 is 2.89 bits per heavy atom. The molecule has 2 atom stereocenters. The van der Waals surface area contributed by atoms with Gasteiger partial charge < -0.3 is 14.8 Å². The molecule has 0 bridgehead atoms. The molecule has 1 aromatic heterocycles. The maximum Gasteiger partial charge on any atom is 0.151 e. The molecule has 2 aliphatic heterocycles. The Balaban J connectivity index is 1.12. The van der Waals surface area contributed by atoms with Gasteiger partial charge in [-0.25, -0.2) is 4.98 Å². The molecule has 6 heteroatoms. The second kappa shape index (κ2) is 11.1. The number of nitrogens with one attached hydrogen (secondary N) is 1. The molecule has 188 valence electrons. The average molecular weight is 478 g/mol. The van der Waals surface area contributed by atoms with E-state index in [0.717, 1.165) is 75.5 Å². The summed E-state index contributed by atoms with van der Waals surface area (Å²) in [6.07, 6.45) is 8.95. The lowest BCUT2D eigenvalue weighted by Crippen LogP contribution is -2.33. The summed E-state index contributed by atoms with van der Waals surface area (Å²) < 4.78 is 11.9.